The molecule has 0 amide bonds. The van der Waals surface area contributed by atoms with Crippen LogP contribution in [0.4, 0.5) is 0 Å². The summed E-state index contributed by atoms with van der Waals surface area (Å²) in [6.07, 6.45) is 1.82. The summed E-state index contributed by atoms with van der Waals surface area (Å²) in [7, 11) is 1.89. The fourth-order valence-corrected chi connectivity index (χ4v) is 2.07. The largest absolute Gasteiger partial charge is 0.341 e. The van der Waals surface area contributed by atoms with Gasteiger partial charge in [-0.3, -0.25) is 4.84 Å². The summed E-state index contributed by atoms with van der Waals surface area (Å²) in [5, 5.41) is 11.1. The molecule has 1 saturated heterocycles. The van der Waals surface area contributed by atoms with E-state index in [-0.39, 0.29) is 6.04 Å². The van der Waals surface area contributed by atoms with E-state index < -0.39 is 0 Å². The molecule has 0 N–H and O–H groups in total. The van der Waals surface area contributed by atoms with Crippen LogP contribution in [0.1, 0.15) is 18.5 Å². The second-order valence-corrected chi connectivity index (χ2v) is 4.76. The molecule has 0 aliphatic carbocycles. The zero-order chi connectivity index (χ0) is 13.8. The van der Waals surface area contributed by atoms with Gasteiger partial charge in [-0.25, -0.2) is 5.06 Å². The van der Waals surface area contributed by atoms with E-state index in [0.29, 0.717) is 24.1 Å². The Morgan fingerprint density at radius 2 is 2.11 bits per heavy atom. The van der Waals surface area contributed by atoms with Crippen molar-refractivity contribution in [2.75, 3.05) is 20.2 Å². The van der Waals surface area contributed by atoms with Crippen molar-refractivity contribution in [3.05, 3.63) is 34.9 Å². The SMILES string of the molecule is CC(c1ccc(Cl)cc1)N1OCCN(C)C1=NC#N. The smallest absolute Gasteiger partial charge is 0.237 e. The molecule has 0 saturated carbocycles. The van der Waals surface area contributed by atoms with Crippen LogP contribution in [0.2, 0.25) is 5.02 Å². The van der Waals surface area contributed by atoms with Gasteiger partial charge in [-0.1, -0.05) is 23.7 Å². The molecular formula is C13H15ClN4O. The number of guanidine groups is 1. The Morgan fingerprint density at radius 3 is 2.74 bits per heavy atom. The summed E-state index contributed by atoms with van der Waals surface area (Å²) in [5.74, 6) is 0.524. The molecule has 1 fully saturated rings. The lowest BCUT2D eigenvalue weighted by molar-refractivity contribution is -0.153. The van der Waals surface area contributed by atoms with Crippen LogP contribution in [0.15, 0.2) is 29.3 Å². The zero-order valence-corrected chi connectivity index (χ0v) is 11.6. The average Bonchev–Trinajstić information content (AvgIpc) is 2.41. The highest BCUT2D eigenvalue weighted by Crippen LogP contribution is 2.24. The Morgan fingerprint density at radius 1 is 1.42 bits per heavy atom. The fraction of sp³-hybridized carbons (Fsp3) is 0.385. The summed E-state index contributed by atoms with van der Waals surface area (Å²) in [6, 6.07) is 7.50. The number of hydrogen-bond acceptors (Lipinski definition) is 3. The molecule has 2 rings (SSSR count). The van der Waals surface area contributed by atoms with Gasteiger partial charge in [0.05, 0.1) is 12.6 Å². The van der Waals surface area contributed by atoms with Crippen LogP contribution in [0.3, 0.4) is 0 Å². The van der Waals surface area contributed by atoms with Crippen molar-refractivity contribution in [3.8, 4) is 6.19 Å². The van der Waals surface area contributed by atoms with Gasteiger partial charge >= 0.3 is 0 Å². The molecule has 1 aliphatic rings. The number of likely N-dealkylation sites (N-methyl/N-ethyl adjacent to an activating group) is 1. The maximum absolute atomic E-state index is 8.78. The van der Waals surface area contributed by atoms with Gasteiger partial charge in [0, 0.05) is 18.6 Å². The highest BCUT2D eigenvalue weighted by molar-refractivity contribution is 6.30. The number of nitriles is 1. The van der Waals surface area contributed by atoms with Gasteiger partial charge in [-0.2, -0.15) is 5.26 Å². The predicted molar refractivity (Wildman–Crippen MR) is 73.3 cm³/mol. The van der Waals surface area contributed by atoms with Crippen LogP contribution in [-0.4, -0.2) is 36.1 Å². The van der Waals surface area contributed by atoms with Gasteiger partial charge in [-0.15, -0.1) is 4.99 Å². The molecule has 1 aromatic carbocycles. The molecule has 1 atom stereocenters. The number of benzene rings is 1. The van der Waals surface area contributed by atoms with E-state index in [2.05, 4.69) is 4.99 Å². The van der Waals surface area contributed by atoms with Gasteiger partial charge in [0.1, 0.15) is 0 Å². The molecule has 1 aromatic rings. The van der Waals surface area contributed by atoms with E-state index in [1.165, 1.54) is 0 Å². The molecule has 0 radical (unpaired) electrons. The number of halogens is 1. The van der Waals surface area contributed by atoms with Crippen LogP contribution in [0.5, 0.6) is 0 Å². The van der Waals surface area contributed by atoms with Gasteiger partial charge in [0.25, 0.3) is 0 Å². The number of nitrogens with zero attached hydrogens (tertiary/aromatic N) is 4. The van der Waals surface area contributed by atoms with E-state index in [1.54, 1.807) is 5.06 Å². The molecule has 1 heterocycles. The molecule has 6 heteroatoms. The third-order valence-corrected chi connectivity index (χ3v) is 3.30. The van der Waals surface area contributed by atoms with Crippen molar-refractivity contribution in [1.29, 1.82) is 5.26 Å². The van der Waals surface area contributed by atoms with Gasteiger partial charge < -0.3 is 4.90 Å². The molecule has 5 nitrogen and oxygen atoms in total. The standard InChI is InChI=1S/C13H15ClN4O/c1-10(11-3-5-12(14)6-4-11)18-13(16-9-15)17(2)7-8-19-18/h3-6,10H,7-8H2,1-2H3. The normalized spacial score (nSPS) is 19.4. The van der Waals surface area contributed by atoms with Crippen LogP contribution < -0.4 is 0 Å². The lowest BCUT2D eigenvalue weighted by Crippen LogP contribution is -2.50. The Kier molecular flexibility index (Phi) is 4.25. The van der Waals surface area contributed by atoms with E-state index in [1.807, 2.05) is 49.3 Å². The number of aliphatic imine (C=N–C) groups is 1. The topological polar surface area (TPSA) is 51.9 Å². The number of hydrogen-bond donors (Lipinski definition) is 0. The van der Waals surface area contributed by atoms with Crippen molar-refractivity contribution >= 4 is 17.6 Å². The van der Waals surface area contributed by atoms with Crippen LogP contribution in [0, 0.1) is 11.5 Å². The minimum absolute atomic E-state index is 0.0490. The zero-order valence-electron chi connectivity index (χ0n) is 10.9. The van der Waals surface area contributed by atoms with Gasteiger partial charge in [0.15, 0.2) is 0 Å². The van der Waals surface area contributed by atoms with Gasteiger partial charge in [0.2, 0.25) is 12.2 Å². The average molecular weight is 279 g/mol. The Bertz CT molecular complexity index is 508. The third kappa shape index (κ3) is 2.98. The molecule has 1 unspecified atom stereocenters. The van der Waals surface area contributed by atoms with E-state index in [4.69, 9.17) is 21.7 Å². The highest BCUT2D eigenvalue weighted by atomic mass is 35.5. The fourth-order valence-electron chi connectivity index (χ4n) is 1.94. The van der Waals surface area contributed by atoms with Crippen LogP contribution >= 0.6 is 11.6 Å². The molecule has 0 spiro atoms. The van der Waals surface area contributed by atoms with Crippen molar-refractivity contribution in [1.82, 2.24) is 9.96 Å². The molecule has 100 valence electrons. The molecule has 0 aromatic heterocycles. The number of rotatable bonds is 2. The molecule has 19 heavy (non-hydrogen) atoms. The lowest BCUT2D eigenvalue weighted by atomic mass is 10.1. The van der Waals surface area contributed by atoms with Crippen LogP contribution in [0.25, 0.3) is 0 Å². The molecule has 0 bridgehead atoms. The van der Waals surface area contributed by atoms with Crippen molar-refractivity contribution in [2.24, 2.45) is 4.99 Å². The molecular weight excluding hydrogens is 264 g/mol. The first-order valence-corrected chi connectivity index (χ1v) is 6.37. The van der Waals surface area contributed by atoms with E-state index >= 15 is 0 Å². The summed E-state index contributed by atoms with van der Waals surface area (Å²) in [4.78, 5) is 11.4. The predicted octanol–water partition coefficient (Wildman–Crippen LogP) is 2.42. The first kappa shape index (κ1) is 13.7. The molecule has 1 aliphatic heterocycles. The Labute approximate surface area is 117 Å². The monoisotopic (exact) mass is 278 g/mol. The maximum atomic E-state index is 8.78. The van der Waals surface area contributed by atoms with Crippen molar-refractivity contribution < 1.29 is 4.84 Å². The second-order valence-electron chi connectivity index (χ2n) is 4.32. The lowest BCUT2D eigenvalue weighted by Gasteiger charge is -2.38. The Balaban J connectivity index is 2.26. The highest BCUT2D eigenvalue weighted by Gasteiger charge is 2.27. The van der Waals surface area contributed by atoms with Crippen molar-refractivity contribution in [3.63, 3.8) is 0 Å². The van der Waals surface area contributed by atoms with Crippen molar-refractivity contribution in [2.45, 2.75) is 13.0 Å². The van der Waals surface area contributed by atoms with Gasteiger partial charge in [-0.05, 0) is 24.6 Å². The Hall–Kier alpha value is -1.77. The minimum atomic E-state index is -0.0490. The summed E-state index contributed by atoms with van der Waals surface area (Å²) in [6.45, 7) is 3.28. The summed E-state index contributed by atoms with van der Waals surface area (Å²) < 4.78 is 0. The second kappa shape index (κ2) is 5.91. The maximum Gasteiger partial charge on any atom is 0.237 e. The quantitative estimate of drug-likeness (QED) is 0.780. The van der Waals surface area contributed by atoms with E-state index in [9.17, 15) is 0 Å². The third-order valence-electron chi connectivity index (χ3n) is 3.05. The minimum Gasteiger partial charge on any atom is -0.341 e. The summed E-state index contributed by atoms with van der Waals surface area (Å²) in [5.41, 5.74) is 1.05. The first-order chi connectivity index (χ1) is 9.13. The van der Waals surface area contributed by atoms with Crippen LogP contribution in [-0.2, 0) is 4.84 Å². The summed E-state index contributed by atoms with van der Waals surface area (Å²) >= 11 is 5.88. The number of hydroxylamine groups is 2. The van der Waals surface area contributed by atoms with E-state index in [0.717, 1.165) is 5.56 Å². The first-order valence-electron chi connectivity index (χ1n) is 5.99.